The number of unbranched alkanes of at least 4 members (excludes halogenated alkanes) is 1. The molecule has 1 rings (SSSR count). The van der Waals surface area contributed by atoms with E-state index in [4.69, 9.17) is 16.9 Å². The molecule has 0 bridgehead atoms. The van der Waals surface area contributed by atoms with Crippen LogP contribution in [-0.4, -0.2) is 28.8 Å². The summed E-state index contributed by atoms with van der Waals surface area (Å²) < 4.78 is 0. The Bertz CT molecular complexity index is 259. The van der Waals surface area contributed by atoms with Crippen LogP contribution in [0.5, 0.6) is 0 Å². The Morgan fingerprint density at radius 1 is 1.60 bits per heavy atom. The van der Waals surface area contributed by atoms with Gasteiger partial charge in [-0.25, -0.2) is 0 Å². The van der Waals surface area contributed by atoms with Crippen molar-refractivity contribution in [3.8, 4) is 6.07 Å². The fraction of sp³-hybridized carbons (Fsp3) is 0.800. The number of amides is 1. The number of alkyl halides is 1. The number of hydrogen-bond donors (Lipinski definition) is 1. The zero-order chi connectivity index (χ0) is 11.1. The molecule has 84 valence electrons. The van der Waals surface area contributed by atoms with Crippen LogP contribution in [0.3, 0.4) is 0 Å². The van der Waals surface area contributed by atoms with E-state index in [1.165, 1.54) is 0 Å². The Hall–Kier alpha value is -0.400. The van der Waals surface area contributed by atoms with Gasteiger partial charge in [0.15, 0.2) is 0 Å². The lowest BCUT2D eigenvalue weighted by molar-refractivity contribution is -0.122. The van der Waals surface area contributed by atoms with Gasteiger partial charge in [0.1, 0.15) is 5.54 Å². The summed E-state index contributed by atoms with van der Waals surface area (Å²) in [7, 11) is 0. The van der Waals surface area contributed by atoms with Gasteiger partial charge < -0.3 is 5.32 Å². The first-order valence-electron chi connectivity index (χ1n) is 5.08. The quantitative estimate of drug-likeness (QED) is 0.596. The smallest absolute Gasteiger partial charge is 0.221 e. The molecule has 1 saturated heterocycles. The Morgan fingerprint density at radius 3 is 2.93 bits per heavy atom. The molecule has 1 heterocycles. The zero-order valence-electron chi connectivity index (χ0n) is 8.59. The van der Waals surface area contributed by atoms with E-state index in [9.17, 15) is 4.79 Å². The molecule has 0 radical (unpaired) electrons. The molecule has 5 heteroatoms. The Kier molecular flexibility index (Phi) is 5.27. The molecule has 1 atom stereocenters. The van der Waals surface area contributed by atoms with Gasteiger partial charge in [-0.05, 0) is 25.0 Å². The molecular weight excluding hydrogens is 232 g/mol. The molecule has 1 aliphatic rings. The highest BCUT2D eigenvalue weighted by atomic mass is 35.5. The van der Waals surface area contributed by atoms with E-state index in [0.29, 0.717) is 18.1 Å². The van der Waals surface area contributed by atoms with Crippen molar-refractivity contribution in [2.75, 3.05) is 17.4 Å². The second-order valence-electron chi connectivity index (χ2n) is 3.69. The van der Waals surface area contributed by atoms with E-state index in [1.807, 2.05) is 0 Å². The third-order valence-electron chi connectivity index (χ3n) is 2.40. The summed E-state index contributed by atoms with van der Waals surface area (Å²) in [5, 5.41) is 11.9. The van der Waals surface area contributed by atoms with E-state index in [1.54, 1.807) is 11.8 Å². The number of rotatable bonds is 5. The SMILES string of the molecule is N#CC1(NC(=O)CCCCCl)CCSC1. The molecule has 3 nitrogen and oxygen atoms in total. The van der Waals surface area contributed by atoms with Crippen LogP contribution >= 0.6 is 23.4 Å². The van der Waals surface area contributed by atoms with E-state index in [-0.39, 0.29) is 5.91 Å². The molecule has 1 fully saturated rings. The Balaban J connectivity index is 2.33. The molecule has 0 aromatic carbocycles. The standard InChI is InChI=1S/C10H15ClN2OS/c11-5-2-1-3-9(14)13-10(7-12)4-6-15-8-10/h1-6,8H2,(H,13,14). The maximum absolute atomic E-state index is 11.5. The number of thioether (sulfide) groups is 1. The molecule has 0 saturated carbocycles. The number of carbonyl (C=O) groups excluding carboxylic acids is 1. The van der Waals surface area contributed by atoms with Crippen LogP contribution in [0.15, 0.2) is 0 Å². The molecule has 0 aromatic heterocycles. The van der Waals surface area contributed by atoms with Crippen LogP contribution < -0.4 is 5.32 Å². The second-order valence-corrected chi connectivity index (χ2v) is 5.17. The van der Waals surface area contributed by atoms with Crippen molar-refractivity contribution in [3.63, 3.8) is 0 Å². The molecule has 1 unspecified atom stereocenters. The minimum absolute atomic E-state index is 0.0239. The molecule has 0 aliphatic carbocycles. The van der Waals surface area contributed by atoms with Gasteiger partial charge in [0.05, 0.1) is 6.07 Å². The first-order valence-corrected chi connectivity index (χ1v) is 6.77. The van der Waals surface area contributed by atoms with Gasteiger partial charge in [-0.2, -0.15) is 17.0 Å². The van der Waals surface area contributed by atoms with Gasteiger partial charge in [0, 0.05) is 18.1 Å². The van der Waals surface area contributed by atoms with Gasteiger partial charge >= 0.3 is 0 Å². The molecule has 1 aliphatic heterocycles. The second kappa shape index (κ2) is 6.24. The molecular formula is C10H15ClN2OS. The van der Waals surface area contributed by atoms with E-state index in [0.717, 1.165) is 25.0 Å². The molecule has 15 heavy (non-hydrogen) atoms. The van der Waals surface area contributed by atoms with E-state index in [2.05, 4.69) is 11.4 Å². The van der Waals surface area contributed by atoms with Crippen molar-refractivity contribution < 1.29 is 4.79 Å². The van der Waals surface area contributed by atoms with Gasteiger partial charge in [-0.1, -0.05) is 0 Å². The van der Waals surface area contributed by atoms with Crippen LogP contribution in [-0.2, 0) is 4.79 Å². The summed E-state index contributed by atoms with van der Waals surface area (Å²) in [6, 6.07) is 2.22. The van der Waals surface area contributed by atoms with Crippen molar-refractivity contribution in [2.45, 2.75) is 31.2 Å². The predicted molar refractivity (Wildman–Crippen MR) is 63.0 cm³/mol. The summed E-state index contributed by atoms with van der Waals surface area (Å²) >= 11 is 7.24. The van der Waals surface area contributed by atoms with Gasteiger partial charge in [-0.15, -0.1) is 11.6 Å². The number of carbonyl (C=O) groups is 1. The summed E-state index contributed by atoms with van der Waals surface area (Å²) in [4.78, 5) is 11.5. The largest absolute Gasteiger partial charge is 0.337 e. The fourth-order valence-electron chi connectivity index (χ4n) is 1.49. The number of nitrogens with one attached hydrogen (secondary N) is 1. The van der Waals surface area contributed by atoms with Crippen LogP contribution in [0.25, 0.3) is 0 Å². The number of nitrogens with zero attached hydrogens (tertiary/aromatic N) is 1. The topological polar surface area (TPSA) is 52.9 Å². The van der Waals surface area contributed by atoms with Crippen LogP contribution in [0, 0.1) is 11.3 Å². The van der Waals surface area contributed by atoms with Crippen molar-refractivity contribution >= 4 is 29.3 Å². The van der Waals surface area contributed by atoms with Crippen molar-refractivity contribution in [1.82, 2.24) is 5.32 Å². The van der Waals surface area contributed by atoms with E-state index < -0.39 is 5.54 Å². The monoisotopic (exact) mass is 246 g/mol. The predicted octanol–water partition coefficient (Wildman–Crippen LogP) is 1.91. The Morgan fingerprint density at radius 2 is 2.40 bits per heavy atom. The third kappa shape index (κ3) is 3.92. The van der Waals surface area contributed by atoms with Crippen molar-refractivity contribution in [3.05, 3.63) is 0 Å². The van der Waals surface area contributed by atoms with E-state index >= 15 is 0 Å². The maximum atomic E-state index is 11.5. The highest BCUT2D eigenvalue weighted by Gasteiger charge is 2.35. The number of nitriles is 1. The third-order valence-corrected chi connectivity index (χ3v) is 3.86. The zero-order valence-corrected chi connectivity index (χ0v) is 10.2. The number of hydrogen-bond acceptors (Lipinski definition) is 3. The lowest BCUT2D eigenvalue weighted by Crippen LogP contribution is -2.47. The molecule has 0 spiro atoms. The summed E-state index contributed by atoms with van der Waals surface area (Å²) in [6.07, 6.45) is 2.88. The first kappa shape index (κ1) is 12.7. The normalized spacial score (nSPS) is 24.8. The maximum Gasteiger partial charge on any atom is 0.221 e. The van der Waals surface area contributed by atoms with Gasteiger partial charge in [0.25, 0.3) is 0 Å². The summed E-state index contributed by atoms with van der Waals surface area (Å²) in [5.41, 5.74) is -0.608. The van der Waals surface area contributed by atoms with Crippen molar-refractivity contribution in [2.24, 2.45) is 0 Å². The summed E-state index contributed by atoms with van der Waals surface area (Å²) in [5.74, 6) is 2.23. The average Bonchev–Trinajstić information content (AvgIpc) is 2.67. The van der Waals surface area contributed by atoms with Crippen LogP contribution in [0.4, 0.5) is 0 Å². The van der Waals surface area contributed by atoms with Gasteiger partial charge in [-0.3, -0.25) is 4.79 Å². The average molecular weight is 247 g/mol. The summed E-state index contributed by atoms with van der Waals surface area (Å²) in [6.45, 7) is 0. The highest BCUT2D eigenvalue weighted by Crippen LogP contribution is 2.27. The Labute approximate surface area is 99.5 Å². The van der Waals surface area contributed by atoms with Crippen molar-refractivity contribution in [1.29, 1.82) is 5.26 Å². The fourth-order valence-corrected chi connectivity index (χ4v) is 2.94. The minimum atomic E-state index is -0.608. The van der Waals surface area contributed by atoms with Crippen LogP contribution in [0.1, 0.15) is 25.7 Å². The molecule has 1 amide bonds. The molecule has 0 aromatic rings. The van der Waals surface area contributed by atoms with Crippen LogP contribution in [0.2, 0.25) is 0 Å². The lowest BCUT2D eigenvalue weighted by atomic mass is 10.0. The lowest BCUT2D eigenvalue weighted by Gasteiger charge is -2.21. The number of halogens is 1. The molecule has 1 N–H and O–H groups in total. The first-order chi connectivity index (χ1) is 7.22. The minimum Gasteiger partial charge on any atom is -0.337 e. The highest BCUT2D eigenvalue weighted by molar-refractivity contribution is 7.99. The van der Waals surface area contributed by atoms with Gasteiger partial charge in [0.2, 0.25) is 5.91 Å².